The van der Waals surface area contributed by atoms with Crippen LogP contribution in [0.4, 0.5) is 4.79 Å². The molecule has 3 rings (SSSR count). The van der Waals surface area contributed by atoms with E-state index in [9.17, 15) is 9.59 Å². The molecule has 1 aliphatic heterocycles. The molecule has 0 spiro atoms. The minimum Gasteiger partial charge on any atom is -0.321 e. The SMILES string of the molecule is O=C1NC(=O)C(c2cc3cnccc3s2)N1. The predicted molar refractivity (Wildman–Crippen MR) is 59.0 cm³/mol. The minimum atomic E-state index is -0.565. The molecule has 1 atom stereocenters. The Bertz CT molecular complexity index is 560. The molecule has 1 saturated heterocycles. The van der Waals surface area contributed by atoms with Gasteiger partial charge in [-0.15, -0.1) is 11.3 Å². The van der Waals surface area contributed by atoms with Crippen LogP contribution in [0.2, 0.25) is 0 Å². The number of rotatable bonds is 1. The fraction of sp³-hybridized carbons (Fsp3) is 0.100. The number of carbonyl (C=O) groups excluding carboxylic acids is 2. The van der Waals surface area contributed by atoms with Crippen LogP contribution in [0.5, 0.6) is 0 Å². The lowest BCUT2D eigenvalue weighted by Crippen LogP contribution is -2.22. The molecule has 0 radical (unpaired) electrons. The molecular formula is C10H7N3O2S. The van der Waals surface area contributed by atoms with Crippen LogP contribution in [0.25, 0.3) is 10.1 Å². The van der Waals surface area contributed by atoms with Crippen molar-refractivity contribution in [1.29, 1.82) is 0 Å². The van der Waals surface area contributed by atoms with Crippen molar-refractivity contribution in [3.63, 3.8) is 0 Å². The van der Waals surface area contributed by atoms with Crippen LogP contribution < -0.4 is 10.6 Å². The van der Waals surface area contributed by atoms with Gasteiger partial charge in [-0.3, -0.25) is 15.1 Å². The topological polar surface area (TPSA) is 71.1 Å². The van der Waals surface area contributed by atoms with E-state index in [0.29, 0.717) is 0 Å². The Balaban J connectivity index is 2.06. The number of hydrogen-bond acceptors (Lipinski definition) is 4. The first kappa shape index (κ1) is 9.29. The quantitative estimate of drug-likeness (QED) is 0.726. The summed E-state index contributed by atoms with van der Waals surface area (Å²) in [6.07, 6.45) is 3.44. The number of carbonyl (C=O) groups is 2. The number of amides is 3. The number of pyridine rings is 1. The van der Waals surface area contributed by atoms with Crippen molar-refractivity contribution in [3.8, 4) is 0 Å². The van der Waals surface area contributed by atoms with E-state index in [-0.39, 0.29) is 5.91 Å². The van der Waals surface area contributed by atoms with Crippen LogP contribution in [0.3, 0.4) is 0 Å². The highest BCUT2D eigenvalue weighted by atomic mass is 32.1. The Morgan fingerprint density at radius 1 is 1.38 bits per heavy atom. The summed E-state index contributed by atoms with van der Waals surface area (Å²) in [5, 5.41) is 5.77. The van der Waals surface area contributed by atoms with Crippen molar-refractivity contribution >= 4 is 33.4 Å². The fourth-order valence-corrected chi connectivity index (χ4v) is 2.75. The minimum absolute atomic E-state index is 0.301. The highest BCUT2D eigenvalue weighted by Crippen LogP contribution is 2.30. The average Bonchev–Trinajstić information content (AvgIpc) is 2.81. The lowest BCUT2D eigenvalue weighted by Gasteiger charge is -2.01. The van der Waals surface area contributed by atoms with Gasteiger partial charge in [0.05, 0.1) is 0 Å². The third kappa shape index (κ3) is 1.35. The van der Waals surface area contributed by atoms with E-state index in [4.69, 9.17) is 0 Å². The summed E-state index contributed by atoms with van der Waals surface area (Å²) in [7, 11) is 0. The molecule has 1 fully saturated rings. The summed E-state index contributed by atoms with van der Waals surface area (Å²) in [4.78, 5) is 27.3. The summed E-state index contributed by atoms with van der Waals surface area (Å²) in [5.74, 6) is -0.301. The van der Waals surface area contributed by atoms with Crippen LogP contribution in [0, 0.1) is 0 Å². The Labute approximate surface area is 94.5 Å². The van der Waals surface area contributed by atoms with Gasteiger partial charge in [0.2, 0.25) is 0 Å². The van der Waals surface area contributed by atoms with Crippen LogP contribution in [0.1, 0.15) is 10.9 Å². The summed E-state index contributed by atoms with van der Waals surface area (Å²) in [5.41, 5.74) is 0. The average molecular weight is 233 g/mol. The van der Waals surface area contributed by atoms with Crippen molar-refractivity contribution in [2.75, 3.05) is 0 Å². The maximum atomic E-state index is 11.5. The molecule has 0 bridgehead atoms. The third-order valence-electron chi connectivity index (χ3n) is 2.39. The van der Waals surface area contributed by atoms with E-state index in [1.165, 1.54) is 11.3 Å². The van der Waals surface area contributed by atoms with Crippen molar-refractivity contribution < 1.29 is 9.59 Å². The number of nitrogens with one attached hydrogen (secondary N) is 2. The molecule has 5 nitrogen and oxygen atoms in total. The number of nitrogens with zero attached hydrogens (tertiary/aromatic N) is 1. The van der Waals surface area contributed by atoms with Crippen LogP contribution in [0.15, 0.2) is 24.5 Å². The molecule has 3 heterocycles. The van der Waals surface area contributed by atoms with Gasteiger partial charge in [0.1, 0.15) is 6.04 Å². The number of imide groups is 1. The lowest BCUT2D eigenvalue weighted by atomic mass is 10.2. The molecule has 0 aromatic carbocycles. The number of urea groups is 1. The number of hydrogen-bond donors (Lipinski definition) is 2. The molecule has 1 unspecified atom stereocenters. The fourth-order valence-electron chi connectivity index (χ4n) is 1.66. The monoisotopic (exact) mass is 233 g/mol. The van der Waals surface area contributed by atoms with Gasteiger partial charge in [0, 0.05) is 27.4 Å². The van der Waals surface area contributed by atoms with E-state index in [1.807, 2.05) is 12.1 Å². The van der Waals surface area contributed by atoms with Gasteiger partial charge < -0.3 is 5.32 Å². The second-order valence-electron chi connectivity index (χ2n) is 3.46. The van der Waals surface area contributed by atoms with Gasteiger partial charge in [0.25, 0.3) is 5.91 Å². The van der Waals surface area contributed by atoms with Gasteiger partial charge >= 0.3 is 6.03 Å². The summed E-state index contributed by atoms with van der Waals surface area (Å²) in [6.45, 7) is 0. The normalized spacial score (nSPS) is 19.9. The Hall–Kier alpha value is -1.95. The first-order valence-corrected chi connectivity index (χ1v) is 5.50. The molecule has 6 heteroatoms. The van der Waals surface area contributed by atoms with Crippen molar-refractivity contribution in [2.24, 2.45) is 0 Å². The van der Waals surface area contributed by atoms with Crippen molar-refractivity contribution in [2.45, 2.75) is 6.04 Å². The largest absolute Gasteiger partial charge is 0.322 e. The first-order chi connectivity index (χ1) is 7.74. The molecule has 3 amide bonds. The lowest BCUT2D eigenvalue weighted by molar-refractivity contribution is -0.120. The smallest absolute Gasteiger partial charge is 0.321 e. The third-order valence-corrected chi connectivity index (χ3v) is 3.58. The van der Waals surface area contributed by atoms with Gasteiger partial charge in [-0.05, 0) is 12.1 Å². The maximum Gasteiger partial charge on any atom is 0.322 e. The summed E-state index contributed by atoms with van der Waals surface area (Å²) in [6, 6.07) is 2.76. The number of aromatic nitrogens is 1. The van der Waals surface area contributed by atoms with Crippen LogP contribution >= 0.6 is 11.3 Å². The van der Waals surface area contributed by atoms with Gasteiger partial charge in [-0.2, -0.15) is 0 Å². The van der Waals surface area contributed by atoms with Gasteiger partial charge in [-0.1, -0.05) is 0 Å². The zero-order chi connectivity index (χ0) is 11.1. The van der Waals surface area contributed by atoms with Gasteiger partial charge in [0.15, 0.2) is 0 Å². The van der Waals surface area contributed by atoms with Crippen molar-refractivity contribution in [3.05, 3.63) is 29.4 Å². The summed E-state index contributed by atoms with van der Waals surface area (Å²) < 4.78 is 1.05. The molecular weight excluding hydrogens is 226 g/mol. The standard InChI is InChI=1S/C10H7N3O2S/c14-9-8(12-10(15)13-9)7-3-5-4-11-2-1-6(5)16-7/h1-4,8H,(H2,12,13,14,15). The molecule has 16 heavy (non-hydrogen) atoms. The predicted octanol–water partition coefficient (Wildman–Crippen LogP) is 1.18. The van der Waals surface area contributed by atoms with Crippen molar-refractivity contribution in [1.82, 2.24) is 15.6 Å². The van der Waals surface area contributed by atoms with Crippen LogP contribution in [-0.2, 0) is 4.79 Å². The Morgan fingerprint density at radius 3 is 2.94 bits per heavy atom. The number of thiophene rings is 1. The Morgan fingerprint density at radius 2 is 2.25 bits per heavy atom. The van der Waals surface area contributed by atoms with Crippen LogP contribution in [-0.4, -0.2) is 16.9 Å². The van der Waals surface area contributed by atoms with E-state index in [0.717, 1.165) is 15.0 Å². The summed E-state index contributed by atoms with van der Waals surface area (Å²) >= 11 is 1.48. The second kappa shape index (κ2) is 3.28. The van der Waals surface area contributed by atoms with E-state index in [1.54, 1.807) is 12.4 Å². The first-order valence-electron chi connectivity index (χ1n) is 4.69. The highest BCUT2D eigenvalue weighted by Gasteiger charge is 2.31. The zero-order valence-corrected chi connectivity index (χ0v) is 8.88. The Kier molecular flexibility index (Phi) is 1.90. The second-order valence-corrected chi connectivity index (χ2v) is 4.57. The van der Waals surface area contributed by atoms with E-state index in [2.05, 4.69) is 15.6 Å². The highest BCUT2D eigenvalue weighted by molar-refractivity contribution is 7.19. The molecule has 2 N–H and O–H groups in total. The molecule has 1 aliphatic rings. The molecule has 0 aliphatic carbocycles. The van der Waals surface area contributed by atoms with E-state index < -0.39 is 12.1 Å². The maximum absolute atomic E-state index is 11.5. The zero-order valence-electron chi connectivity index (χ0n) is 8.06. The molecule has 80 valence electrons. The molecule has 2 aromatic heterocycles. The molecule has 0 saturated carbocycles. The number of fused-ring (bicyclic) bond motifs is 1. The van der Waals surface area contributed by atoms with Gasteiger partial charge in [-0.25, -0.2) is 4.79 Å². The van der Waals surface area contributed by atoms with E-state index >= 15 is 0 Å². The molecule has 2 aromatic rings.